The molecule has 0 saturated carbocycles. The quantitative estimate of drug-likeness (QED) is 0.829. The molecule has 1 amide bonds. The molecule has 1 fully saturated rings. The second kappa shape index (κ2) is 6.76. The fourth-order valence-electron chi connectivity index (χ4n) is 2.95. The Kier molecular flexibility index (Phi) is 6.66. The number of hydrogen-bond donors (Lipinski definition) is 2. The monoisotopic (exact) mass is 276 g/mol. The molecule has 0 aromatic carbocycles. The van der Waals surface area contributed by atoms with Crippen molar-refractivity contribution in [3.8, 4) is 0 Å². The van der Waals surface area contributed by atoms with E-state index in [1.165, 1.54) is 0 Å². The predicted octanol–water partition coefficient (Wildman–Crippen LogP) is 2.74. The van der Waals surface area contributed by atoms with Crippen LogP contribution in [0.4, 0.5) is 0 Å². The zero-order chi connectivity index (χ0) is 13.1. The van der Waals surface area contributed by atoms with Gasteiger partial charge in [-0.3, -0.25) is 4.79 Å². The summed E-state index contributed by atoms with van der Waals surface area (Å²) >= 11 is 0. The van der Waals surface area contributed by atoms with Crippen LogP contribution in [0.3, 0.4) is 0 Å². The van der Waals surface area contributed by atoms with Gasteiger partial charge in [-0.1, -0.05) is 20.8 Å². The van der Waals surface area contributed by atoms with E-state index >= 15 is 0 Å². The van der Waals surface area contributed by atoms with Crippen LogP contribution in [-0.2, 0) is 4.79 Å². The zero-order valence-corrected chi connectivity index (χ0v) is 13.2. The van der Waals surface area contributed by atoms with Gasteiger partial charge >= 0.3 is 0 Å². The highest BCUT2D eigenvalue weighted by Crippen LogP contribution is 2.27. The van der Waals surface area contributed by atoms with Gasteiger partial charge in [0.05, 0.1) is 0 Å². The zero-order valence-electron chi connectivity index (χ0n) is 12.4. The number of nitrogens with one attached hydrogen (secondary N) is 2. The van der Waals surface area contributed by atoms with Gasteiger partial charge in [-0.25, -0.2) is 0 Å². The molecule has 1 unspecified atom stereocenters. The van der Waals surface area contributed by atoms with Gasteiger partial charge in [-0.15, -0.1) is 12.4 Å². The highest BCUT2D eigenvalue weighted by atomic mass is 35.5. The largest absolute Gasteiger partial charge is 0.351 e. The van der Waals surface area contributed by atoms with E-state index in [0.29, 0.717) is 12.3 Å². The van der Waals surface area contributed by atoms with E-state index in [2.05, 4.69) is 45.3 Å². The molecule has 1 atom stereocenters. The fourth-order valence-corrected chi connectivity index (χ4v) is 2.95. The van der Waals surface area contributed by atoms with Crippen molar-refractivity contribution in [1.29, 1.82) is 0 Å². The molecule has 0 spiro atoms. The average Bonchev–Trinajstić information content (AvgIpc) is 2.49. The Morgan fingerprint density at radius 3 is 2.33 bits per heavy atom. The van der Waals surface area contributed by atoms with Crippen LogP contribution in [-0.4, -0.2) is 24.5 Å². The average molecular weight is 277 g/mol. The number of amides is 1. The Hall–Kier alpha value is -0.280. The third kappa shape index (κ3) is 7.22. The third-order valence-corrected chi connectivity index (χ3v) is 3.09. The summed E-state index contributed by atoms with van der Waals surface area (Å²) < 4.78 is 0. The van der Waals surface area contributed by atoms with Crippen LogP contribution < -0.4 is 10.6 Å². The van der Waals surface area contributed by atoms with Crippen LogP contribution in [0.15, 0.2) is 0 Å². The minimum Gasteiger partial charge on any atom is -0.351 e. The number of carbonyl (C=O) groups is 1. The molecule has 0 aromatic heterocycles. The maximum absolute atomic E-state index is 12.0. The summed E-state index contributed by atoms with van der Waals surface area (Å²) in [5.74, 6) is 0.730. The molecule has 18 heavy (non-hydrogen) atoms. The van der Waals surface area contributed by atoms with Crippen LogP contribution in [0.5, 0.6) is 0 Å². The molecule has 0 bridgehead atoms. The van der Waals surface area contributed by atoms with Crippen LogP contribution in [0.25, 0.3) is 0 Å². The SMILES string of the molecule is CC(C)(C)CC(C)(C)NC(=O)CC1CCNC1.Cl. The summed E-state index contributed by atoms with van der Waals surface area (Å²) in [6.45, 7) is 12.9. The highest BCUT2D eigenvalue weighted by Gasteiger charge is 2.28. The second-order valence-corrected chi connectivity index (χ2v) is 7.23. The molecule has 1 rings (SSSR count). The summed E-state index contributed by atoms with van der Waals surface area (Å²) in [4.78, 5) is 12.0. The molecule has 1 saturated heterocycles. The lowest BCUT2D eigenvalue weighted by Crippen LogP contribution is -2.46. The Morgan fingerprint density at radius 2 is 1.89 bits per heavy atom. The predicted molar refractivity (Wildman–Crippen MR) is 79.1 cm³/mol. The van der Waals surface area contributed by atoms with Gasteiger partial charge < -0.3 is 10.6 Å². The Labute approximate surface area is 118 Å². The Morgan fingerprint density at radius 1 is 1.28 bits per heavy atom. The van der Waals surface area contributed by atoms with Gasteiger partial charge in [0.2, 0.25) is 5.91 Å². The van der Waals surface area contributed by atoms with E-state index in [1.54, 1.807) is 0 Å². The van der Waals surface area contributed by atoms with Crippen molar-refractivity contribution in [3.63, 3.8) is 0 Å². The van der Waals surface area contributed by atoms with Gasteiger partial charge in [-0.2, -0.15) is 0 Å². The summed E-state index contributed by atoms with van der Waals surface area (Å²) in [6, 6.07) is 0. The van der Waals surface area contributed by atoms with Gasteiger partial charge in [0.15, 0.2) is 0 Å². The van der Waals surface area contributed by atoms with Crippen molar-refractivity contribution >= 4 is 18.3 Å². The molecular weight excluding hydrogens is 248 g/mol. The first-order valence-electron chi connectivity index (χ1n) is 6.70. The van der Waals surface area contributed by atoms with Gasteiger partial charge in [0, 0.05) is 12.0 Å². The topological polar surface area (TPSA) is 41.1 Å². The van der Waals surface area contributed by atoms with Crippen molar-refractivity contribution in [2.24, 2.45) is 11.3 Å². The minimum atomic E-state index is -0.110. The smallest absolute Gasteiger partial charge is 0.220 e. The van der Waals surface area contributed by atoms with E-state index in [-0.39, 0.29) is 29.3 Å². The van der Waals surface area contributed by atoms with E-state index in [1.807, 2.05) is 0 Å². The van der Waals surface area contributed by atoms with Crippen LogP contribution in [0.2, 0.25) is 0 Å². The molecule has 3 nitrogen and oxygen atoms in total. The number of halogens is 1. The first kappa shape index (κ1) is 17.7. The molecular formula is C14H29ClN2O. The van der Waals surface area contributed by atoms with Crippen LogP contribution in [0, 0.1) is 11.3 Å². The summed E-state index contributed by atoms with van der Waals surface area (Å²) in [5.41, 5.74) is 0.132. The number of rotatable bonds is 4. The first-order chi connectivity index (χ1) is 7.68. The molecule has 0 aliphatic carbocycles. The number of hydrogen-bond acceptors (Lipinski definition) is 2. The third-order valence-electron chi connectivity index (χ3n) is 3.09. The molecule has 1 aliphatic heterocycles. The molecule has 1 aliphatic rings. The molecule has 0 radical (unpaired) electrons. The van der Waals surface area contributed by atoms with Crippen molar-refractivity contribution < 1.29 is 4.79 Å². The van der Waals surface area contributed by atoms with Crippen molar-refractivity contribution in [2.45, 2.75) is 59.4 Å². The van der Waals surface area contributed by atoms with E-state index in [4.69, 9.17) is 0 Å². The Balaban J connectivity index is 0.00000289. The maximum Gasteiger partial charge on any atom is 0.220 e. The van der Waals surface area contributed by atoms with Crippen molar-refractivity contribution in [1.82, 2.24) is 10.6 Å². The van der Waals surface area contributed by atoms with Crippen LogP contribution in [0.1, 0.15) is 53.9 Å². The summed E-state index contributed by atoms with van der Waals surface area (Å²) in [7, 11) is 0. The standard InChI is InChI=1S/C14H28N2O.ClH/c1-13(2,3)10-14(4,5)16-12(17)8-11-6-7-15-9-11;/h11,15H,6-10H2,1-5H3,(H,16,17);1H. The molecule has 1 heterocycles. The molecule has 0 aromatic rings. The maximum atomic E-state index is 12.0. The van der Waals surface area contributed by atoms with E-state index in [9.17, 15) is 4.79 Å². The Bertz CT molecular complexity index is 265. The highest BCUT2D eigenvalue weighted by molar-refractivity contribution is 5.85. The normalized spacial score (nSPS) is 20.4. The molecule has 108 valence electrons. The van der Waals surface area contributed by atoms with E-state index < -0.39 is 0 Å². The lowest BCUT2D eigenvalue weighted by Gasteiger charge is -2.33. The van der Waals surface area contributed by atoms with Gasteiger partial charge in [0.1, 0.15) is 0 Å². The second-order valence-electron chi connectivity index (χ2n) is 7.23. The number of carbonyl (C=O) groups excluding carboxylic acids is 1. The summed E-state index contributed by atoms with van der Waals surface area (Å²) in [6.07, 6.45) is 2.79. The fraction of sp³-hybridized carbons (Fsp3) is 0.929. The minimum absolute atomic E-state index is 0. The van der Waals surface area contributed by atoms with E-state index in [0.717, 1.165) is 25.9 Å². The molecule has 2 N–H and O–H groups in total. The first-order valence-corrected chi connectivity index (χ1v) is 6.70. The van der Waals surface area contributed by atoms with Crippen molar-refractivity contribution in [3.05, 3.63) is 0 Å². The molecule has 4 heteroatoms. The van der Waals surface area contributed by atoms with Crippen molar-refractivity contribution in [2.75, 3.05) is 13.1 Å². The van der Waals surface area contributed by atoms with Gasteiger partial charge in [0.25, 0.3) is 0 Å². The lowest BCUT2D eigenvalue weighted by atomic mass is 9.81. The van der Waals surface area contributed by atoms with Gasteiger partial charge in [-0.05, 0) is 51.1 Å². The van der Waals surface area contributed by atoms with Crippen LogP contribution >= 0.6 is 12.4 Å². The summed E-state index contributed by atoms with van der Waals surface area (Å²) in [5, 5.41) is 6.47. The lowest BCUT2D eigenvalue weighted by molar-refractivity contribution is -0.123.